The number of hydrogen-bond donors (Lipinski definition) is 0. The van der Waals surface area contributed by atoms with E-state index in [1.165, 1.54) is 24.8 Å². The van der Waals surface area contributed by atoms with Crippen LogP contribution in [-0.2, 0) is 0 Å². The summed E-state index contributed by atoms with van der Waals surface area (Å²) in [5.74, 6) is 2.43. The van der Waals surface area contributed by atoms with Gasteiger partial charge < -0.3 is 0 Å². The Bertz CT molecular complexity index is 230. The lowest BCUT2D eigenvalue weighted by atomic mass is 9.75. The Morgan fingerprint density at radius 3 is 2.36 bits per heavy atom. The van der Waals surface area contributed by atoms with Crippen molar-refractivity contribution in [2.75, 3.05) is 0 Å². The molecule has 80 valence electrons. The number of allylic oxidation sites excluding steroid dienone is 3. The van der Waals surface area contributed by atoms with Crippen LogP contribution in [0.2, 0.25) is 0 Å². The molecule has 1 unspecified atom stereocenters. The first-order chi connectivity index (χ1) is 6.56. The van der Waals surface area contributed by atoms with Gasteiger partial charge in [0, 0.05) is 0 Å². The maximum Gasteiger partial charge on any atom is -0.0254 e. The fraction of sp³-hybridized carbons (Fsp3) is 0.714. The van der Waals surface area contributed by atoms with Crippen LogP contribution in [0, 0.1) is 17.8 Å². The Hall–Kier alpha value is -0.520. The van der Waals surface area contributed by atoms with Gasteiger partial charge in [-0.3, -0.25) is 0 Å². The van der Waals surface area contributed by atoms with Gasteiger partial charge in [0.1, 0.15) is 0 Å². The van der Waals surface area contributed by atoms with Crippen LogP contribution in [0.5, 0.6) is 0 Å². The molecular formula is C14H24. The molecule has 0 fully saturated rings. The highest BCUT2D eigenvalue weighted by Gasteiger charge is 2.23. The number of hydrogen-bond acceptors (Lipinski definition) is 0. The van der Waals surface area contributed by atoms with Crippen molar-refractivity contribution in [3.63, 3.8) is 0 Å². The fourth-order valence-corrected chi connectivity index (χ4v) is 2.43. The summed E-state index contributed by atoms with van der Waals surface area (Å²) in [6.45, 7) is 13.2. The van der Waals surface area contributed by atoms with Crippen LogP contribution in [0.25, 0.3) is 0 Å². The van der Waals surface area contributed by atoms with Crippen LogP contribution in [0.1, 0.15) is 47.0 Å². The Balaban J connectivity index is 2.82. The molecule has 0 aromatic carbocycles. The third-order valence-corrected chi connectivity index (χ3v) is 3.57. The second kappa shape index (κ2) is 4.82. The van der Waals surface area contributed by atoms with Gasteiger partial charge in [-0.15, -0.1) is 0 Å². The monoisotopic (exact) mass is 192 g/mol. The zero-order chi connectivity index (χ0) is 10.7. The minimum Gasteiger partial charge on any atom is -0.0988 e. The molecule has 0 amide bonds. The average molecular weight is 192 g/mol. The first kappa shape index (κ1) is 11.6. The van der Waals surface area contributed by atoms with Crippen LogP contribution < -0.4 is 0 Å². The lowest BCUT2D eigenvalue weighted by Gasteiger charge is -2.30. The molecule has 0 N–H and O–H groups in total. The molecule has 1 aliphatic carbocycles. The van der Waals surface area contributed by atoms with Crippen molar-refractivity contribution in [3.8, 4) is 0 Å². The third kappa shape index (κ3) is 2.50. The van der Waals surface area contributed by atoms with Crippen LogP contribution in [-0.4, -0.2) is 0 Å². The van der Waals surface area contributed by atoms with Crippen molar-refractivity contribution in [1.82, 2.24) is 0 Å². The van der Waals surface area contributed by atoms with Gasteiger partial charge in [0.15, 0.2) is 0 Å². The van der Waals surface area contributed by atoms with E-state index in [-0.39, 0.29) is 0 Å². The summed E-state index contributed by atoms with van der Waals surface area (Å²) >= 11 is 0. The predicted molar refractivity (Wildman–Crippen MR) is 64.2 cm³/mol. The smallest absolute Gasteiger partial charge is 0.0254 e. The van der Waals surface area contributed by atoms with Crippen LogP contribution in [0.4, 0.5) is 0 Å². The molecule has 0 nitrogen and oxygen atoms in total. The van der Waals surface area contributed by atoms with Gasteiger partial charge in [-0.2, -0.15) is 0 Å². The van der Waals surface area contributed by atoms with Crippen LogP contribution >= 0.6 is 0 Å². The molecule has 0 saturated carbocycles. The average Bonchev–Trinajstić information content (AvgIpc) is 2.16. The van der Waals surface area contributed by atoms with Crippen molar-refractivity contribution in [1.29, 1.82) is 0 Å². The van der Waals surface area contributed by atoms with Gasteiger partial charge >= 0.3 is 0 Å². The molecule has 0 spiro atoms. The van der Waals surface area contributed by atoms with Gasteiger partial charge in [-0.1, -0.05) is 45.9 Å². The van der Waals surface area contributed by atoms with Gasteiger partial charge in [0.05, 0.1) is 0 Å². The lowest BCUT2D eigenvalue weighted by molar-refractivity contribution is 0.332. The van der Waals surface area contributed by atoms with Crippen LogP contribution in [0.15, 0.2) is 23.8 Å². The summed E-state index contributed by atoms with van der Waals surface area (Å²) in [4.78, 5) is 0. The van der Waals surface area contributed by atoms with E-state index in [4.69, 9.17) is 0 Å². The van der Waals surface area contributed by atoms with E-state index in [0.717, 1.165) is 11.8 Å². The molecule has 1 aliphatic rings. The molecule has 14 heavy (non-hydrogen) atoms. The maximum absolute atomic E-state index is 3.93. The molecule has 0 aromatic rings. The van der Waals surface area contributed by atoms with Crippen molar-refractivity contribution in [2.24, 2.45) is 17.8 Å². The fourth-order valence-electron chi connectivity index (χ4n) is 2.43. The SMILES string of the molecule is C=CC1=C(C(C)C)CC(C(C)C)CC1. The quantitative estimate of drug-likeness (QED) is 0.614. The second-order valence-corrected chi connectivity index (χ2v) is 5.16. The highest BCUT2D eigenvalue weighted by atomic mass is 14.3. The van der Waals surface area contributed by atoms with E-state index in [0.29, 0.717) is 5.92 Å². The normalized spacial score (nSPS) is 23.4. The molecule has 0 heterocycles. The first-order valence-corrected chi connectivity index (χ1v) is 5.90. The second-order valence-electron chi connectivity index (χ2n) is 5.16. The first-order valence-electron chi connectivity index (χ1n) is 5.90. The summed E-state index contributed by atoms with van der Waals surface area (Å²) in [5, 5.41) is 0. The zero-order valence-corrected chi connectivity index (χ0v) is 10.1. The Morgan fingerprint density at radius 1 is 1.29 bits per heavy atom. The van der Waals surface area contributed by atoms with E-state index in [2.05, 4.69) is 40.3 Å². The molecular weight excluding hydrogens is 168 g/mol. The van der Waals surface area contributed by atoms with Crippen molar-refractivity contribution < 1.29 is 0 Å². The van der Waals surface area contributed by atoms with Crippen molar-refractivity contribution >= 4 is 0 Å². The topological polar surface area (TPSA) is 0 Å². The molecule has 0 heteroatoms. The largest absolute Gasteiger partial charge is 0.0988 e. The van der Waals surface area contributed by atoms with E-state index < -0.39 is 0 Å². The Kier molecular flexibility index (Phi) is 3.97. The molecule has 0 aromatic heterocycles. The molecule has 0 aliphatic heterocycles. The van der Waals surface area contributed by atoms with E-state index in [1.54, 1.807) is 5.57 Å². The van der Waals surface area contributed by atoms with E-state index in [9.17, 15) is 0 Å². The minimum atomic E-state index is 0.699. The molecule has 1 atom stereocenters. The van der Waals surface area contributed by atoms with Crippen LogP contribution in [0.3, 0.4) is 0 Å². The molecule has 1 rings (SSSR count). The zero-order valence-electron chi connectivity index (χ0n) is 10.1. The van der Waals surface area contributed by atoms with Gasteiger partial charge in [-0.05, 0) is 42.6 Å². The molecule has 0 saturated heterocycles. The predicted octanol–water partition coefficient (Wildman–Crippen LogP) is 4.58. The van der Waals surface area contributed by atoms with Crippen molar-refractivity contribution in [3.05, 3.63) is 23.8 Å². The standard InChI is InChI=1S/C14H24/c1-6-12-7-8-13(10(2)3)9-14(12)11(4)5/h6,10-11,13H,1,7-9H2,2-5H3. The summed E-state index contributed by atoms with van der Waals surface area (Å²) in [7, 11) is 0. The summed E-state index contributed by atoms with van der Waals surface area (Å²) in [6.07, 6.45) is 5.98. The Labute approximate surface area is 89.1 Å². The third-order valence-electron chi connectivity index (χ3n) is 3.57. The van der Waals surface area contributed by atoms with Gasteiger partial charge in [-0.25, -0.2) is 0 Å². The van der Waals surface area contributed by atoms with E-state index >= 15 is 0 Å². The van der Waals surface area contributed by atoms with E-state index in [1.807, 2.05) is 0 Å². The summed E-state index contributed by atoms with van der Waals surface area (Å²) in [6, 6.07) is 0. The van der Waals surface area contributed by atoms with Crippen molar-refractivity contribution in [2.45, 2.75) is 47.0 Å². The number of rotatable bonds is 3. The highest BCUT2D eigenvalue weighted by molar-refractivity contribution is 5.28. The summed E-state index contributed by atoms with van der Waals surface area (Å²) < 4.78 is 0. The highest BCUT2D eigenvalue weighted by Crippen LogP contribution is 2.37. The minimum absolute atomic E-state index is 0.699. The maximum atomic E-state index is 3.93. The summed E-state index contributed by atoms with van der Waals surface area (Å²) in [5.41, 5.74) is 3.18. The molecule has 0 bridgehead atoms. The lowest BCUT2D eigenvalue weighted by Crippen LogP contribution is -2.17. The van der Waals surface area contributed by atoms with Gasteiger partial charge in [0.25, 0.3) is 0 Å². The van der Waals surface area contributed by atoms with Gasteiger partial charge in [0.2, 0.25) is 0 Å². The Morgan fingerprint density at radius 2 is 1.93 bits per heavy atom. The molecule has 0 radical (unpaired) electrons.